The maximum Gasteiger partial charge on any atom is 0.140 e. The topological polar surface area (TPSA) is 51.6 Å². The average molecular weight is 523 g/mol. The maximum absolute atomic E-state index is 4.79. The van der Waals surface area contributed by atoms with Gasteiger partial charge in [0.25, 0.3) is 0 Å². The van der Waals surface area contributed by atoms with Crippen molar-refractivity contribution in [2.45, 2.75) is 51.9 Å². The van der Waals surface area contributed by atoms with E-state index in [1.807, 2.05) is 42.5 Å². The lowest BCUT2D eigenvalue weighted by Crippen LogP contribution is -2.18. The van der Waals surface area contributed by atoms with E-state index in [0.29, 0.717) is 5.92 Å². The smallest absolute Gasteiger partial charge is 0.140 e. The molecule has 2 unspecified atom stereocenters. The average Bonchev–Trinajstić information content (AvgIpc) is 3.01. The zero-order chi connectivity index (χ0) is 27.5. The Morgan fingerprint density at radius 2 is 1.52 bits per heavy atom. The molecule has 2 heterocycles. The number of aryl methyl sites for hydroxylation is 3. The van der Waals surface area contributed by atoms with Crippen molar-refractivity contribution in [3.05, 3.63) is 143 Å². The summed E-state index contributed by atoms with van der Waals surface area (Å²) in [6.07, 6.45) is 9.78. The molecule has 0 N–H and O–H groups in total. The number of hydrogen-bond donors (Lipinski definition) is 0. The van der Waals surface area contributed by atoms with Crippen molar-refractivity contribution in [3.8, 4) is 22.4 Å². The van der Waals surface area contributed by atoms with Crippen LogP contribution in [0.4, 0.5) is 0 Å². The van der Waals surface area contributed by atoms with Gasteiger partial charge >= 0.3 is 0 Å². The molecule has 0 fully saturated rings. The monoisotopic (exact) mass is 522 g/mol. The summed E-state index contributed by atoms with van der Waals surface area (Å²) in [5, 5.41) is 7.81. The van der Waals surface area contributed by atoms with Crippen LogP contribution in [0.2, 0.25) is 0 Å². The van der Waals surface area contributed by atoms with Gasteiger partial charge < -0.3 is 0 Å². The second-order valence-electron chi connectivity index (χ2n) is 10.6. The number of benzene rings is 3. The van der Waals surface area contributed by atoms with Crippen LogP contribution in [0.3, 0.4) is 0 Å². The highest BCUT2D eigenvalue weighted by molar-refractivity contribution is 5.76. The summed E-state index contributed by atoms with van der Waals surface area (Å²) < 4.78 is 0. The molecule has 4 heteroatoms. The van der Waals surface area contributed by atoms with Gasteiger partial charge in [-0.2, -0.15) is 10.2 Å². The van der Waals surface area contributed by atoms with E-state index < -0.39 is 0 Å². The number of rotatable bonds is 3. The first kappa shape index (κ1) is 25.8. The van der Waals surface area contributed by atoms with Crippen molar-refractivity contribution in [2.75, 3.05) is 0 Å². The maximum atomic E-state index is 4.79. The molecule has 0 aliphatic heterocycles. The summed E-state index contributed by atoms with van der Waals surface area (Å²) in [6.45, 7) is 6.41. The Kier molecular flexibility index (Phi) is 7.33. The fourth-order valence-electron chi connectivity index (χ4n) is 6.14. The van der Waals surface area contributed by atoms with Crippen LogP contribution in [-0.2, 0) is 12.8 Å². The number of allylic oxidation sites excluding steroid dienone is 2. The molecular weight excluding hydrogens is 488 g/mol. The van der Waals surface area contributed by atoms with Crippen LogP contribution in [0.15, 0.2) is 103 Å². The summed E-state index contributed by atoms with van der Waals surface area (Å²) in [6, 6.07) is 29.5. The number of fused-ring (bicyclic) bond motifs is 5. The zero-order valence-electron chi connectivity index (χ0n) is 23.4. The molecule has 7 rings (SSSR count). The highest BCUT2D eigenvalue weighted by Crippen LogP contribution is 2.45. The Morgan fingerprint density at radius 1 is 0.750 bits per heavy atom. The Morgan fingerprint density at radius 3 is 2.27 bits per heavy atom. The van der Waals surface area contributed by atoms with E-state index >= 15 is 0 Å². The minimum absolute atomic E-state index is 0.152. The molecule has 2 aliphatic rings. The van der Waals surface area contributed by atoms with Crippen LogP contribution in [0, 0.1) is 13.8 Å². The van der Waals surface area contributed by atoms with Crippen molar-refractivity contribution in [1.29, 1.82) is 0 Å². The first-order chi connectivity index (χ1) is 19.6. The van der Waals surface area contributed by atoms with E-state index in [1.165, 1.54) is 27.8 Å². The molecule has 4 nitrogen and oxygen atoms in total. The lowest BCUT2D eigenvalue weighted by molar-refractivity contribution is 0.722. The number of aromatic nitrogens is 4. The van der Waals surface area contributed by atoms with Gasteiger partial charge in [0.2, 0.25) is 0 Å². The Bertz CT molecular complexity index is 1600. The van der Waals surface area contributed by atoms with E-state index in [0.717, 1.165) is 47.7 Å². The highest BCUT2D eigenvalue weighted by atomic mass is 15.1. The van der Waals surface area contributed by atoms with Crippen LogP contribution in [0.1, 0.15) is 64.6 Å². The molecule has 0 saturated heterocycles. The van der Waals surface area contributed by atoms with Crippen molar-refractivity contribution >= 4 is 0 Å². The van der Waals surface area contributed by atoms with Crippen LogP contribution >= 0.6 is 0 Å². The summed E-state index contributed by atoms with van der Waals surface area (Å²) in [5.74, 6) is 1.57. The van der Waals surface area contributed by atoms with Crippen LogP contribution in [-0.4, -0.2) is 20.2 Å². The zero-order valence-corrected chi connectivity index (χ0v) is 23.4. The van der Waals surface area contributed by atoms with E-state index in [9.17, 15) is 0 Å². The predicted octanol–water partition coefficient (Wildman–Crippen LogP) is 8.20. The van der Waals surface area contributed by atoms with Gasteiger partial charge in [0.1, 0.15) is 5.82 Å². The molecule has 0 spiro atoms. The minimum Gasteiger partial charge on any atom is -0.237 e. The molecule has 2 aliphatic carbocycles. The Labute approximate surface area is 236 Å². The van der Waals surface area contributed by atoms with Crippen molar-refractivity contribution in [1.82, 2.24) is 20.2 Å². The summed E-state index contributed by atoms with van der Waals surface area (Å²) in [4.78, 5) is 9.59. The third-order valence-electron chi connectivity index (χ3n) is 7.94. The Balaban J connectivity index is 0.000000201. The van der Waals surface area contributed by atoms with Crippen LogP contribution in [0.5, 0.6) is 0 Å². The van der Waals surface area contributed by atoms with Crippen molar-refractivity contribution in [3.63, 3.8) is 0 Å². The van der Waals surface area contributed by atoms with Crippen molar-refractivity contribution < 1.29 is 0 Å². The number of hydrogen-bond acceptors (Lipinski definition) is 4. The lowest BCUT2D eigenvalue weighted by atomic mass is 9.73. The molecule has 0 saturated carbocycles. The van der Waals surface area contributed by atoms with Gasteiger partial charge in [0.05, 0.1) is 11.6 Å². The standard InChI is InChI=1S/C26H26N2.C10H8N2/c1-4-18-9-12-24(26-27-16(2)15-17(3)28-26)23-14-13-21-20-8-6-5-7-19(20)10-11-22(21)25(18)23;1-2-5-9(6-3-1)10-7-4-8-11-12-10/h5-9,12-15,18,24H,4,10-11H2,1-3H3;1-8H. The summed E-state index contributed by atoms with van der Waals surface area (Å²) in [7, 11) is 0. The molecule has 2 atom stereocenters. The molecule has 40 heavy (non-hydrogen) atoms. The minimum atomic E-state index is 0.152. The molecule has 3 aromatic carbocycles. The van der Waals surface area contributed by atoms with Gasteiger partial charge in [0.15, 0.2) is 0 Å². The van der Waals surface area contributed by atoms with Gasteiger partial charge in [0, 0.05) is 29.1 Å². The molecule has 2 aromatic heterocycles. The molecule has 5 aromatic rings. The SMILES string of the molecule is CCC1C=CC(c2nc(C)cc(C)n2)c2ccc3c(c21)CCc1ccccc1-3.c1ccc(-c2cccnn2)cc1. The third-order valence-corrected chi connectivity index (χ3v) is 7.94. The van der Waals surface area contributed by atoms with Crippen LogP contribution < -0.4 is 0 Å². The molecule has 0 bridgehead atoms. The fourth-order valence-corrected chi connectivity index (χ4v) is 6.14. The van der Waals surface area contributed by atoms with Gasteiger partial charge in [-0.05, 0) is 84.7 Å². The van der Waals surface area contributed by atoms with Crippen LogP contribution in [0.25, 0.3) is 22.4 Å². The largest absolute Gasteiger partial charge is 0.237 e. The summed E-state index contributed by atoms with van der Waals surface area (Å²) >= 11 is 0. The molecule has 0 amide bonds. The molecule has 198 valence electrons. The van der Waals surface area contributed by atoms with Gasteiger partial charge in [-0.3, -0.25) is 0 Å². The highest BCUT2D eigenvalue weighted by Gasteiger charge is 2.30. The third kappa shape index (κ3) is 5.10. The normalized spacial score (nSPS) is 16.7. The first-order valence-corrected chi connectivity index (χ1v) is 14.2. The fraction of sp³-hybridized carbons (Fsp3) is 0.222. The summed E-state index contributed by atoms with van der Waals surface area (Å²) in [5.41, 5.74) is 12.9. The predicted molar refractivity (Wildman–Crippen MR) is 162 cm³/mol. The van der Waals surface area contributed by atoms with E-state index in [4.69, 9.17) is 9.97 Å². The van der Waals surface area contributed by atoms with Crippen molar-refractivity contribution in [2.24, 2.45) is 0 Å². The van der Waals surface area contributed by atoms with Gasteiger partial charge in [-0.25, -0.2) is 9.97 Å². The van der Waals surface area contributed by atoms with Gasteiger partial charge in [-0.15, -0.1) is 0 Å². The first-order valence-electron chi connectivity index (χ1n) is 14.2. The van der Waals surface area contributed by atoms with Gasteiger partial charge in [-0.1, -0.05) is 85.8 Å². The second kappa shape index (κ2) is 11.4. The van der Waals surface area contributed by atoms with E-state index in [-0.39, 0.29) is 5.92 Å². The quantitative estimate of drug-likeness (QED) is 0.224. The van der Waals surface area contributed by atoms with E-state index in [2.05, 4.69) is 85.6 Å². The second-order valence-corrected chi connectivity index (χ2v) is 10.6. The molecular formula is C36H34N4. The molecule has 0 radical (unpaired) electrons. The van der Waals surface area contributed by atoms with E-state index in [1.54, 1.807) is 11.8 Å². The Hall–Kier alpha value is -4.44. The lowest BCUT2D eigenvalue weighted by Gasteiger charge is -2.32. The number of nitrogens with zero attached hydrogens (tertiary/aromatic N) is 4.